The van der Waals surface area contributed by atoms with Gasteiger partial charge in [0, 0.05) is 36.5 Å². The third kappa shape index (κ3) is 8.87. The maximum absolute atomic E-state index is 10.6. The highest BCUT2D eigenvalue weighted by atomic mass is 35.5. The summed E-state index contributed by atoms with van der Waals surface area (Å²) in [6.45, 7) is 5.47. The molecule has 0 saturated heterocycles. The van der Waals surface area contributed by atoms with Crippen LogP contribution in [0.25, 0.3) is 0 Å². The number of unbranched alkanes of at least 4 members (excludes halogenated alkanes) is 2. The molecule has 1 unspecified atom stereocenters. The molecule has 0 N–H and O–H groups in total. The van der Waals surface area contributed by atoms with Crippen molar-refractivity contribution in [2.45, 2.75) is 39.5 Å². The third-order valence-electron chi connectivity index (χ3n) is 3.08. The molecule has 0 aromatic heterocycles. The predicted molar refractivity (Wildman–Crippen MR) is 95.1 cm³/mol. The maximum atomic E-state index is 10.6. The second-order valence-electron chi connectivity index (χ2n) is 4.98. The topological polar surface area (TPSA) is 130 Å². The summed E-state index contributed by atoms with van der Waals surface area (Å²) in [5.74, 6) is 0. The summed E-state index contributed by atoms with van der Waals surface area (Å²) in [6, 6.07) is 3.42. The van der Waals surface area contributed by atoms with E-state index in [2.05, 4.69) is 13.8 Å². The number of halogens is 1. The van der Waals surface area contributed by atoms with Gasteiger partial charge >= 0.3 is 0 Å². The Kier molecular flexibility index (Phi) is 11.9. The summed E-state index contributed by atoms with van der Waals surface area (Å²) < 4.78 is 22.8. The Bertz CT molecular complexity index is 562. The minimum atomic E-state index is -2.02. The van der Waals surface area contributed by atoms with Gasteiger partial charge in [0.05, 0.1) is 9.85 Å². The lowest BCUT2D eigenvalue weighted by Crippen LogP contribution is -2.27. The molecule has 0 aliphatic heterocycles. The lowest BCUT2D eigenvalue weighted by Gasteiger charge is -2.23. The van der Waals surface area contributed by atoms with Crippen LogP contribution in [0.3, 0.4) is 0 Å². The predicted octanol–water partition coefficient (Wildman–Crippen LogP) is 3.84. The van der Waals surface area contributed by atoms with E-state index in [4.69, 9.17) is 11.6 Å². The summed E-state index contributed by atoms with van der Waals surface area (Å²) in [4.78, 5) is 19.1. The van der Waals surface area contributed by atoms with Crippen LogP contribution < -0.4 is 0 Å². The largest absolute Gasteiger partial charge is 0.760 e. The van der Waals surface area contributed by atoms with Crippen LogP contribution in [0.15, 0.2) is 18.2 Å². The molecule has 0 heterocycles. The number of benzene rings is 1. The Morgan fingerprint density at radius 1 is 1.04 bits per heavy atom. The Morgan fingerprint density at radius 2 is 1.44 bits per heavy atom. The van der Waals surface area contributed by atoms with Gasteiger partial charge in [0.25, 0.3) is 11.4 Å². The van der Waals surface area contributed by atoms with E-state index >= 15 is 0 Å². The van der Waals surface area contributed by atoms with Gasteiger partial charge < -0.3 is 4.55 Å². The van der Waals surface area contributed by atoms with Crippen LogP contribution in [0.5, 0.6) is 0 Å². The first-order chi connectivity index (χ1) is 11.8. The highest BCUT2D eigenvalue weighted by Crippen LogP contribution is 2.32. The number of nitro groups is 2. The highest BCUT2D eigenvalue weighted by Gasteiger charge is 2.22. The van der Waals surface area contributed by atoms with Gasteiger partial charge in [-0.05, 0) is 18.9 Å². The summed E-state index contributed by atoms with van der Waals surface area (Å²) in [5, 5.41) is 20.1. The van der Waals surface area contributed by atoms with Crippen LogP contribution >= 0.6 is 11.6 Å². The van der Waals surface area contributed by atoms with Crippen molar-refractivity contribution in [3.63, 3.8) is 0 Å². The zero-order valence-corrected chi connectivity index (χ0v) is 15.6. The first-order valence-corrected chi connectivity index (χ1v) is 9.08. The van der Waals surface area contributed by atoms with Gasteiger partial charge in [-0.25, -0.2) is 4.31 Å². The second-order valence-corrected chi connectivity index (χ2v) is 6.31. The van der Waals surface area contributed by atoms with Crippen molar-refractivity contribution in [1.82, 2.24) is 4.31 Å². The van der Waals surface area contributed by atoms with Crippen LogP contribution in [-0.4, -0.2) is 36.0 Å². The van der Waals surface area contributed by atoms with E-state index in [0.717, 1.165) is 37.8 Å². The first-order valence-electron chi connectivity index (χ1n) is 7.67. The minimum Gasteiger partial charge on any atom is -0.760 e. The minimum absolute atomic E-state index is 0.447. The molecule has 1 atom stereocenters. The van der Waals surface area contributed by atoms with Gasteiger partial charge in [0.1, 0.15) is 0 Å². The van der Waals surface area contributed by atoms with Crippen molar-refractivity contribution in [1.29, 1.82) is 0 Å². The monoisotopic (exact) mass is 394 g/mol. The van der Waals surface area contributed by atoms with E-state index in [1.54, 1.807) is 0 Å². The lowest BCUT2D eigenvalue weighted by molar-refractivity contribution is -0.393. The van der Waals surface area contributed by atoms with Crippen molar-refractivity contribution in [2.24, 2.45) is 0 Å². The zero-order chi connectivity index (χ0) is 19.4. The van der Waals surface area contributed by atoms with Crippen molar-refractivity contribution in [2.75, 3.05) is 13.1 Å². The van der Waals surface area contributed by atoms with E-state index in [-0.39, 0.29) is 0 Å². The van der Waals surface area contributed by atoms with Gasteiger partial charge in [-0.3, -0.25) is 24.4 Å². The molecular formula is C14H21ClN3O6S-. The number of nitro benzene ring substituents is 2. The Hall–Kier alpha value is -1.62. The van der Waals surface area contributed by atoms with Crippen molar-refractivity contribution in [3.8, 4) is 0 Å². The standard InChI is InChI=1S/C8H19NO2S.C6H3ClN2O4/c1-3-5-7-9(12(10)11)8-6-4-2;7-6-4(8(10)11)2-1-3-5(6)9(12)13/h3-8H2,1-2H3,(H,10,11);1-3H/p-1. The Balaban J connectivity index is 0.000000463. The average molecular weight is 395 g/mol. The lowest BCUT2D eigenvalue weighted by atomic mass is 10.3. The van der Waals surface area contributed by atoms with Gasteiger partial charge in [0.15, 0.2) is 5.02 Å². The molecule has 1 aromatic carbocycles. The fourth-order valence-electron chi connectivity index (χ4n) is 1.72. The fourth-order valence-corrected chi connectivity index (χ4v) is 2.54. The van der Waals surface area contributed by atoms with Crippen molar-refractivity contribution in [3.05, 3.63) is 43.5 Å². The van der Waals surface area contributed by atoms with Crippen LogP contribution in [-0.2, 0) is 11.3 Å². The van der Waals surface area contributed by atoms with E-state index in [1.165, 1.54) is 10.4 Å². The van der Waals surface area contributed by atoms with Gasteiger partial charge in [-0.1, -0.05) is 38.3 Å². The molecular weight excluding hydrogens is 374 g/mol. The van der Waals surface area contributed by atoms with Crippen LogP contribution in [0.4, 0.5) is 11.4 Å². The number of nitrogens with zero attached hydrogens (tertiary/aromatic N) is 3. The highest BCUT2D eigenvalue weighted by molar-refractivity contribution is 7.76. The van der Waals surface area contributed by atoms with E-state index in [1.807, 2.05) is 0 Å². The van der Waals surface area contributed by atoms with Gasteiger partial charge in [-0.2, -0.15) is 0 Å². The SMILES string of the molecule is CCCCN(CCCC)S(=O)[O-].O=[N+]([O-])c1cccc([N+](=O)[O-])c1Cl. The average Bonchev–Trinajstić information content (AvgIpc) is 2.55. The molecule has 1 aromatic rings. The normalized spacial score (nSPS) is 11.6. The van der Waals surface area contributed by atoms with Crippen LogP contribution in [0.1, 0.15) is 39.5 Å². The molecule has 0 aliphatic carbocycles. The molecule has 0 spiro atoms. The van der Waals surface area contributed by atoms with E-state index in [0.29, 0.717) is 13.1 Å². The van der Waals surface area contributed by atoms with Crippen molar-refractivity contribution >= 4 is 34.2 Å². The van der Waals surface area contributed by atoms with Gasteiger partial charge in [0.2, 0.25) is 0 Å². The van der Waals surface area contributed by atoms with E-state index < -0.39 is 37.5 Å². The van der Waals surface area contributed by atoms with E-state index in [9.17, 15) is 29.0 Å². The maximum Gasteiger partial charge on any atom is 0.294 e. The molecule has 11 heteroatoms. The molecule has 0 saturated carbocycles. The van der Waals surface area contributed by atoms with Crippen LogP contribution in [0, 0.1) is 20.2 Å². The number of hydrogen-bond donors (Lipinski definition) is 0. The summed E-state index contributed by atoms with van der Waals surface area (Å²) in [7, 11) is 0. The summed E-state index contributed by atoms with van der Waals surface area (Å²) in [6.07, 6.45) is 4.00. The third-order valence-corrected chi connectivity index (χ3v) is 4.26. The molecule has 0 radical (unpaired) electrons. The second kappa shape index (κ2) is 12.7. The van der Waals surface area contributed by atoms with Crippen molar-refractivity contribution < 1.29 is 18.6 Å². The zero-order valence-electron chi connectivity index (χ0n) is 14.1. The molecule has 0 bridgehead atoms. The summed E-state index contributed by atoms with van der Waals surface area (Å²) >= 11 is 3.39. The number of rotatable bonds is 9. The molecule has 0 aliphatic rings. The molecule has 0 amide bonds. The number of hydrogen-bond acceptors (Lipinski definition) is 6. The van der Waals surface area contributed by atoms with Gasteiger partial charge in [-0.15, -0.1) is 0 Å². The molecule has 0 fully saturated rings. The Morgan fingerprint density at radius 3 is 1.72 bits per heavy atom. The van der Waals surface area contributed by atoms with Crippen LogP contribution in [0.2, 0.25) is 5.02 Å². The smallest absolute Gasteiger partial charge is 0.294 e. The molecule has 142 valence electrons. The molecule has 25 heavy (non-hydrogen) atoms. The quantitative estimate of drug-likeness (QED) is 0.355. The molecule has 9 nitrogen and oxygen atoms in total. The molecule has 1 rings (SSSR count). The first kappa shape index (κ1) is 23.4. The fraction of sp³-hybridized carbons (Fsp3) is 0.571. The Labute approximate surface area is 153 Å². The summed E-state index contributed by atoms with van der Waals surface area (Å²) in [5.41, 5.74) is -0.924.